The molecule has 1 saturated heterocycles. The number of ether oxygens (including phenoxy) is 1. The van der Waals surface area contributed by atoms with Gasteiger partial charge in [0.15, 0.2) is 0 Å². The summed E-state index contributed by atoms with van der Waals surface area (Å²) in [7, 11) is 1.26. The molecule has 2 rings (SSSR count). The van der Waals surface area contributed by atoms with Crippen molar-refractivity contribution in [2.24, 2.45) is 0 Å². The molecule has 0 atom stereocenters. The van der Waals surface area contributed by atoms with Crippen LogP contribution in [0.15, 0.2) is 12.1 Å². The Balaban J connectivity index is 2.19. The lowest BCUT2D eigenvalue weighted by atomic mass is 10.0. The predicted molar refractivity (Wildman–Crippen MR) is 76.0 cm³/mol. The first kappa shape index (κ1) is 16.4. The van der Waals surface area contributed by atoms with Crippen molar-refractivity contribution in [2.45, 2.75) is 12.6 Å². The van der Waals surface area contributed by atoms with E-state index in [1.807, 2.05) is 0 Å². The molecular formula is C14H18ClF3N2O. The van der Waals surface area contributed by atoms with Crippen LogP contribution in [0.4, 0.5) is 13.2 Å². The monoisotopic (exact) mass is 322 g/mol. The molecule has 1 aliphatic rings. The molecule has 0 aliphatic carbocycles. The van der Waals surface area contributed by atoms with Crippen LogP contribution in [0.25, 0.3) is 0 Å². The zero-order valence-electron chi connectivity index (χ0n) is 11.8. The van der Waals surface area contributed by atoms with Crippen LogP contribution >= 0.6 is 11.6 Å². The van der Waals surface area contributed by atoms with E-state index < -0.39 is 11.7 Å². The number of rotatable bonds is 4. The fourth-order valence-corrected chi connectivity index (χ4v) is 2.74. The van der Waals surface area contributed by atoms with E-state index in [9.17, 15) is 13.2 Å². The number of nitrogens with zero attached hydrogens (tertiary/aromatic N) is 1. The topological polar surface area (TPSA) is 24.5 Å². The van der Waals surface area contributed by atoms with Gasteiger partial charge in [-0.2, -0.15) is 13.2 Å². The lowest BCUT2D eigenvalue weighted by Gasteiger charge is -2.27. The Morgan fingerprint density at radius 1 is 1.29 bits per heavy atom. The van der Waals surface area contributed by atoms with Gasteiger partial charge in [-0.3, -0.25) is 0 Å². The summed E-state index contributed by atoms with van der Waals surface area (Å²) < 4.78 is 44.1. The summed E-state index contributed by atoms with van der Waals surface area (Å²) in [6.45, 7) is 4.29. The minimum Gasteiger partial charge on any atom is -0.496 e. The highest BCUT2D eigenvalue weighted by atomic mass is 35.5. The largest absolute Gasteiger partial charge is 0.496 e. The maximum atomic E-state index is 13.0. The van der Waals surface area contributed by atoms with Crippen molar-refractivity contribution in [1.82, 2.24) is 10.2 Å². The average molecular weight is 323 g/mol. The van der Waals surface area contributed by atoms with Crippen LogP contribution in [0, 0.1) is 0 Å². The van der Waals surface area contributed by atoms with Crippen molar-refractivity contribution in [1.29, 1.82) is 0 Å². The van der Waals surface area contributed by atoms with Crippen molar-refractivity contribution in [3.63, 3.8) is 0 Å². The molecular weight excluding hydrogens is 305 g/mol. The second kappa shape index (κ2) is 6.85. The van der Waals surface area contributed by atoms with E-state index in [-0.39, 0.29) is 10.8 Å². The molecule has 0 spiro atoms. The molecule has 0 bridgehead atoms. The first-order valence-corrected chi connectivity index (χ1v) is 7.16. The van der Waals surface area contributed by atoms with E-state index in [0.29, 0.717) is 18.5 Å². The number of halogens is 4. The number of benzene rings is 1. The SMILES string of the molecule is COc1c(CCN2CCNCC2)cc(Cl)cc1C(F)(F)F. The molecule has 118 valence electrons. The molecule has 1 aliphatic heterocycles. The molecule has 0 radical (unpaired) electrons. The van der Waals surface area contributed by atoms with Gasteiger partial charge >= 0.3 is 6.18 Å². The Morgan fingerprint density at radius 3 is 2.52 bits per heavy atom. The fourth-order valence-electron chi connectivity index (χ4n) is 2.50. The summed E-state index contributed by atoms with van der Waals surface area (Å²) >= 11 is 5.83. The molecule has 1 aromatic rings. The number of alkyl halides is 3. The first-order chi connectivity index (χ1) is 9.91. The Bertz CT molecular complexity index is 488. The van der Waals surface area contributed by atoms with Crippen molar-refractivity contribution in [3.05, 3.63) is 28.3 Å². The number of methoxy groups -OCH3 is 1. The van der Waals surface area contributed by atoms with Gasteiger partial charge in [0.1, 0.15) is 5.75 Å². The van der Waals surface area contributed by atoms with Crippen LogP contribution in [0.2, 0.25) is 5.02 Å². The maximum absolute atomic E-state index is 13.0. The van der Waals surface area contributed by atoms with Crippen molar-refractivity contribution >= 4 is 11.6 Å². The normalized spacial score (nSPS) is 17.0. The van der Waals surface area contributed by atoms with Crippen molar-refractivity contribution in [2.75, 3.05) is 39.8 Å². The third-order valence-electron chi connectivity index (χ3n) is 3.55. The van der Waals surface area contributed by atoms with Crippen LogP contribution in [-0.2, 0) is 12.6 Å². The van der Waals surface area contributed by atoms with Crippen LogP contribution in [0.3, 0.4) is 0 Å². The fraction of sp³-hybridized carbons (Fsp3) is 0.571. The lowest BCUT2D eigenvalue weighted by molar-refractivity contribution is -0.138. The smallest absolute Gasteiger partial charge is 0.420 e. The summed E-state index contributed by atoms with van der Waals surface area (Å²) in [5.41, 5.74) is -0.316. The molecule has 7 heteroatoms. The van der Waals surface area contributed by atoms with Crippen LogP contribution < -0.4 is 10.1 Å². The molecule has 1 fully saturated rings. The molecule has 3 nitrogen and oxygen atoms in total. The standard InChI is InChI=1S/C14H18ClF3N2O/c1-21-13-10(2-5-20-6-3-19-4-7-20)8-11(15)9-12(13)14(16,17)18/h8-9,19H,2-7H2,1H3. The quantitative estimate of drug-likeness (QED) is 0.922. The molecule has 21 heavy (non-hydrogen) atoms. The Morgan fingerprint density at radius 2 is 1.95 bits per heavy atom. The van der Waals surface area contributed by atoms with Crippen LogP contribution in [-0.4, -0.2) is 44.7 Å². The van der Waals surface area contributed by atoms with Gasteiger partial charge in [-0.25, -0.2) is 0 Å². The van der Waals surface area contributed by atoms with Gasteiger partial charge < -0.3 is 15.0 Å². The Labute approximate surface area is 127 Å². The number of piperazine rings is 1. The van der Waals surface area contributed by atoms with Crippen LogP contribution in [0.5, 0.6) is 5.75 Å². The highest BCUT2D eigenvalue weighted by Gasteiger charge is 2.35. The Hall–Kier alpha value is -0.980. The second-order valence-corrected chi connectivity index (χ2v) is 5.42. The second-order valence-electron chi connectivity index (χ2n) is 4.99. The van der Waals surface area contributed by atoms with Gasteiger partial charge in [0.05, 0.1) is 12.7 Å². The van der Waals surface area contributed by atoms with Gasteiger partial charge in [-0.1, -0.05) is 11.6 Å². The highest BCUT2D eigenvalue weighted by molar-refractivity contribution is 6.30. The molecule has 1 aromatic carbocycles. The van der Waals surface area contributed by atoms with E-state index in [0.717, 1.165) is 32.2 Å². The average Bonchev–Trinajstić information content (AvgIpc) is 2.44. The number of hydrogen-bond acceptors (Lipinski definition) is 3. The first-order valence-electron chi connectivity index (χ1n) is 6.78. The van der Waals surface area contributed by atoms with E-state index in [1.165, 1.54) is 7.11 Å². The predicted octanol–water partition coefficient (Wildman–Crippen LogP) is 2.82. The van der Waals surface area contributed by atoms with Crippen molar-refractivity contribution in [3.8, 4) is 5.75 Å². The molecule has 0 saturated carbocycles. The maximum Gasteiger partial charge on any atom is 0.420 e. The minimum atomic E-state index is -4.47. The molecule has 0 amide bonds. The van der Waals surface area contributed by atoms with E-state index in [1.54, 1.807) is 6.07 Å². The molecule has 0 aromatic heterocycles. The van der Waals surface area contributed by atoms with Crippen molar-refractivity contribution < 1.29 is 17.9 Å². The zero-order chi connectivity index (χ0) is 15.5. The Kier molecular flexibility index (Phi) is 5.35. The number of hydrogen-bond donors (Lipinski definition) is 1. The summed E-state index contributed by atoms with van der Waals surface area (Å²) in [5.74, 6) is -0.123. The van der Waals surface area contributed by atoms with Gasteiger partial charge in [-0.05, 0) is 24.1 Å². The van der Waals surface area contributed by atoms with Crippen LogP contribution in [0.1, 0.15) is 11.1 Å². The summed E-state index contributed by atoms with van der Waals surface area (Å²) in [5, 5.41) is 3.32. The molecule has 0 unspecified atom stereocenters. The van der Waals surface area contributed by atoms with Gasteiger partial charge in [-0.15, -0.1) is 0 Å². The van der Waals surface area contributed by atoms with E-state index in [2.05, 4.69) is 10.2 Å². The molecule has 1 N–H and O–H groups in total. The van der Waals surface area contributed by atoms with Gasteiger partial charge in [0.25, 0.3) is 0 Å². The summed E-state index contributed by atoms with van der Waals surface area (Å²) in [4.78, 5) is 2.21. The molecule has 1 heterocycles. The highest BCUT2D eigenvalue weighted by Crippen LogP contribution is 2.40. The summed E-state index contributed by atoms with van der Waals surface area (Å²) in [6.07, 6.45) is -3.99. The van der Waals surface area contributed by atoms with Gasteiger partial charge in [0, 0.05) is 37.7 Å². The third-order valence-corrected chi connectivity index (χ3v) is 3.77. The summed E-state index contributed by atoms with van der Waals surface area (Å²) in [6, 6.07) is 2.46. The third kappa shape index (κ3) is 4.25. The van der Waals surface area contributed by atoms with E-state index >= 15 is 0 Å². The lowest BCUT2D eigenvalue weighted by Crippen LogP contribution is -2.44. The number of nitrogens with one attached hydrogen (secondary N) is 1. The zero-order valence-corrected chi connectivity index (χ0v) is 12.5. The van der Waals surface area contributed by atoms with Gasteiger partial charge in [0.2, 0.25) is 0 Å². The van der Waals surface area contributed by atoms with E-state index in [4.69, 9.17) is 16.3 Å². The minimum absolute atomic E-state index is 0.0819.